The highest BCUT2D eigenvalue weighted by molar-refractivity contribution is 7.16. The summed E-state index contributed by atoms with van der Waals surface area (Å²) in [6.07, 6.45) is 3.53. The van der Waals surface area contributed by atoms with E-state index in [1.165, 1.54) is 4.70 Å². The molecule has 62 valence electrons. The van der Waals surface area contributed by atoms with Crippen LogP contribution in [0.4, 0.5) is 0 Å². The predicted molar refractivity (Wildman–Crippen MR) is 52.7 cm³/mol. The maximum Gasteiger partial charge on any atom is 0.0819 e. The molecule has 0 N–H and O–H groups in total. The number of thiazole rings is 1. The first-order chi connectivity index (χ1) is 6.43. The summed E-state index contributed by atoms with van der Waals surface area (Å²) < 4.78 is 1.19. The Morgan fingerprint density at radius 2 is 1.77 bits per heavy atom. The van der Waals surface area contributed by atoms with Gasteiger partial charge >= 0.3 is 0 Å². The summed E-state index contributed by atoms with van der Waals surface area (Å²) in [5.74, 6) is 0. The summed E-state index contributed by atoms with van der Waals surface area (Å²) in [6, 6.07) is 4.13. The molecule has 0 radical (unpaired) electrons. The lowest BCUT2D eigenvalue weighted by atomic mass is 10.2. The van der Waals surface area contributed by atoms with Crippen LogP contribution < -0.4 is 0 Å². The van der Waals surface area contributed by atoms with Crippen LogP contribution >= 0.6 is 11.3 Å². The van der Waals surface area contributed by atoms with Crippen molar-refractivity contribution in [2.45, 2.75) is 0 Å². The van der Waals surface area contributed by atoms with Gasteiger partial charge in [0.1, 0.15) is 0 Å². The SMILES string of the molecule is c1nc2cc3cnncc3cc2s1. The summed E-state index contributed by atoms with van der Waals surface area (Å²) in [7, 11) is 0. The van der Waals surface area contributed by atoms with Crippen LogP contribution in [0.3, 0.4) is 0 Å². The van der Waals surface area contributed by atoms with Gasteiger partial charge in [0.15, 0.2) is 0 Å². The Kier molecular flexibility index (Phi) is 1.31. The molecule has 0 unspecified atom stereocenters. The van der Waals surface area contributed by atoms with E-state index in [2.05, 4.69) is 21.2 Å². The Bertz CT molecular complexity index is 523. The molecule has 3 aromatic rings. The van der Waals surface area contributed by atoms with Crippen molar-refractivity contribution in [2.24, 2.45) is 0 Å². The van der Waals surface area contributed by atoms with Crippen LogP contribution in [0.5, 0.6) is 0 Å². The molecule has 3 nitrogen and oxygen atoms in total. The molecule has 2 aromatic heterocycles. The number of nitrogens with zero attached hydrogens (tertiary/aromatic N) is 3. The second kappa shape index (κ2) is 2.47. The van der Waals surface area contributed by atoms with Crippen LogP contribution in [-0.4, -0.2) is 15.2 Å². The summed E-state index contributed by atoms with van der Waals surface area (Å²) in [4.78, 5) is 4.24. The molecule has 13 heavy (non-hydrogen) atoms. The zero-order chi connectivity index (χ0) is 8.67. The number of aromatic nitrogens is 3. The van der Waals surface area contributed by atoms with Crippen molar-refractivity contribution in [3.05, 3.63) is 30.0 Å². The van der Waals surface area contributed by atoms with Crippen molar-refractivity contribution in [3.8, 4) is 0 Å². The van der Waals surface area contributed by atoms with E-state index in [9.17, 15) is 0 Å². The van der Waals surface area contributed by atoms with E-state index in [0.29, 0.717) is 0 Å². The Hall–Kier alpha value is -1.55. The highest BCUT2D eigenvalue weighted by Gasteiger charge is 1.99. The van der Waals surface area contributed by atoms with Gasteiger partial charge in [-0.15, -0.1) is 11.3 Å². The lowest BCUT2D eigenvalue weighted by Gasteiger charge is -1.94. The van der Waals surface area contributed by atoms with Gasteiger partial charge < -0.3 is 0 Å². The zero-order valence-electron chi connectivity index (χ0n) is 6.64. The molecule has 0 saturated carbocycles. The minimum atomic E-state index is 1.03. The Balaban J connectivity index is 2.57. The molecule has 0 aliphatic carbocycles. The summed E-state index contributed by atoms with van der Waals surface area (Å²) in [5.41, 5.74) is 2.88. The molecule has 0 aliphatic heterocycles. The van der Waals surface area contributed by atoms with Crippen LogP contribution in [-0.2, 0) is 0 Å². The average Bonchev–Trinajstić information content (AvgIpc) is 2.61. The predicted octanol–water partition coefficient (Wildman–Crippen LogP) is 2.24. The smallest absolute Gasteiger partial charge is 0.0819 e. The molecule has 3 rings (SSSR count). The minimum absolute atomic E-state index is 1.03. The largest absolute Gasteiger partial charge is 0.245 e. The Labute approximate surface area is 78.1 Å². The van der Waals surface area contributed by atoms with Gasteiger partial charge in [-0.1, -0.05) is 0 Å². The topological polar surface area (TPSA) is 38.7 Å². The second-order valence-corrected chi connectivity index (χ2v) is 3.68. The van der Waals surface area contributed by atoms with E-state index in [4.69, 9.17) is 0 Å². The fourth-order valence-corrected chi connectivity index (χ4v) is 2.06. The third kappa shape index (κ3) is 0.990. The Morgan fingerprint density at radius 3 is 2.62 bits per heavy atom. The van der Waals surface area contributed by atoms with Gasteiger partial charge in [0.2, 0.25) is 0 Å². The van der Waals surface area contributed by atoms with E-state index in [1.807, 2.05) is 11.6 Å². The van der Waals surface area contributed by atoms with E-state index >= 15 is 0 Å². The zero-order valence-corrected chi connectivity index (χ0v) is 7.45. The lowest BCUT2D eigenvalue weighted by molar-refractivity contribution is 1.05. The first-order valence-corrected chi connectivity index (χ1v) is 4.75. The standard InChI is InChI=1S/C9H5N3S/c1-6-3-11-12-4-7(6)2-9-8(1)10-5-13-9/h1-5H. The molecule has 0 fully saturated rings. The van der Waals surface area contributed by atoms with Crippen molar-refractivity contribution >= 4 is 32.3 Å². The van der Waals surface area contributed by atoms with Crippen LogP contribution in [0.25, 0.3) is 21.0 Å². The van der Waals surface area contributed by atoms with Crippen molar-refractivity contribution in [1.29, 1.82) is 0 Å². The third-order valence-corrected chi connectivity index (χ3v) is 2.79. The van der Waals surface area contributed by atoms with Gasteiger partial charge in [-0.2, -0.15) is 10.2 Å². The van der Waals surface area contributed by atoms with Crippen LogP contribution in [0.2, 0.25) is 0 Å². The van der Waals surface area contributed by atoms with Crippen LogP contribution in [0.1, 0.15) is 0 Å². The van der Waals surface area contributed by atoms with Crippen molar-refractivity contribution in [1.82, 2.24) is 15.2 Å². The highest BCUT2D eigenvalue weighted by atomic mass is 32.1. The summed E-state index contributed by atoms with van der Waals surface area (Å²) >= 11 is 1.64. The highest BCUT2D eigenvalue weighted by Crippen LogP contribution is 2.23. The first-order valence-electron chi connectivity index (χ1n) is 3.87. The van der Waals surface area contributed by atoms with E-state index in [1.54, 1.807) is 23.7 Å². The van der Waals surface area contributed by atoms with E-state index in [0.717, 1.165) is 16.3 Å². The number of benzene rings is 1. The number of rotatable bonds is 0. The summed E-state index contributed by atoms with van der Waals surface area (Å²) in [5, 5.41) is 9.88. The van der Waals surface area contributed by atoms with E-state index in [-0.39, 0.29) is 0 Å². The third-order valence-electron chi connectivity index (χ3n) is 2.00. The maximum absolute atomic E-state index is 4.24. The van der Waals surface area contributed by atoms with Gasteiger partial charge in [-0.05, 0) is 12.1 Å². The molecule has 0 aliphatic rings. The molecule has 0 bridgehead atoms. The fraction of sp³-hybridized carbons (Fsp3) is 0. The normalized spacial score (nSPS) is 11.1. The van der Waals surface area contributed by atoms with Crippen molar-refractivity contribution in [2.75, 3.05) is 0 Å². The molecule has 2 heterocycles. The molecule has 1 aromatic carbocycles. The Morgan fingerprint density at radius 1 is 1.00 bits per heavy atom. The molecule has 0 saturated heterocycles. The molecule has 4 heteroatoms. The number of hydrogen-bond acceptors (Lipinski definition) is 4. The van der Waals surface area contributed by atoms with Crippen LogP contribution in [0, 0.1) is 0 Å². The molecular weight excluding hydrogens is 182 g/mol. The molecule has 0 atom stereocenters. The van der Waals surface area contributed by atoms with Crippen molar-refractivity contribution in [3.63, 3.8) is 0 Å². The molecule has 0 spiro atoms. The van der Waals surface area contributed by atoms with Crippen LogP contribution in [0.15, 0.2) is 30.0 Å². The number of hydrogen-bond donors (Lipinski definition) is 0. The van der Waals surface area contributed by atoms with E-state index < -0.39 is 0 Å². The van der Waals surface area contributed by atoms with Gasteiger partial charge in [0.05, 0.1) is 28.1 Å². The first kappa shape index (κ1) is 6.91. The second-order valence-electron chi connectivity index (χ2n) is 2.79. The maximum atomic E-state index is 4.24. The molecule has 0 amide bonds. The van der Waals surface area contributed by atoms with Gasteiger partial charge in [-0.25, -0.2) is 4.98 Å². The fourth-order valence-electron chi connectivity index (χ4n) is 1.35. The monoisotopic (exact) mass is 187 g/mol. The van der Waals surface area contributed by atoms with Gasteiger partial charge in [0, 0.05) is 10.8 Å². The lowest BCUT2D eigenvalue weighted by Crippen LogP contribution is -1.79. The van der Waals surface area contributed by atoms with Gasteiger partial charge in [-0.3, -0.25) is 0 Å². The number of fused-ring (bicyclic) bond motifs is 2. The summed E-state index contributed by atoms with van der Waals surface area (Å²) in [6.45, 7) is 0. The quantitative estimate of drug-likeness (QED) is 0.541. The van der Waals surface area contributed by atoms with Crippen molar-refractivity contribution < 1.29 is 0 Å². The molecular formula is C9H5N3S. The van der Waals surface area contributed by atoms with Gasteiger partial charge in [0.25, 0.3) is 0 Å². The minimum Gasteiger partial charge on any atom is -0.245 e. The average molecular weight is 187 g/mol.